The number of carbonyl (C=O) groups excluding carboxylic acids is 1. The van der Waals surface area contributed by atoms with Gasteiger partial charge in [0.15, 0.2) is 0 Å². The second-order valence-corrected chi connectivity index (χ2v) is 7.61. The van der Waals surface area contributed by atoms with Crippen LogP contribution < -0.4 is 4.90 Å². The quantitative estimate of drug-likeness (QED) is 0.379. The molecule has 0 radical (unpaired) electrons. The molecule has 3 aromatic rings. The lowest BCUT2D eigenvalue weighted by molar-refractivity contribution is -0.116. The Hall–Kier alpha value is -2.91. The van der Waals surface area contributed by atoms with E-state index in [9.17, 15) is 4.79 Å². The third-order valence-corrected chi connectivity index (χ3v) is 5.23. The summed E-state index contributed by atoms with van der Waals surface area (Å²) < 4.78 is 6.33. The number of nitrogens with zero attached hydrogens (tertiary/aromatic N) is 1. The van der Waals surface area contributed by atoms with Crippen LogP contribution in [-0.4, -0.2) is 5.91 Å². The number of anilines is 1. The van der Waals surface area contributed by atoms with E-state index in [1.54, 1.807) is 6.92 Å². The molecular weight excluding hydrogens is 370 g/mol. The van der Waals surface area contributed by atoms with Gasteiger partial charge in [-0.15, -0.1) is 0 Å². The van der Waals surface area contributed by atoms with Gasteiger partial charge in [-0.2, -0.15) is 0 Å². The molecule has 0 aliphatic carbocycles. The third kappa shape index (κ3) is 6.30. The van der Waals surface area contributed by atoms with Crippen molar-refractivity contribution in [2.24, 2.45) is 0 Å². The predicted octanol–water partition coefficient (Wildman–Crippen LogP) is 6.69. The lowest BCUT2D eigenvalue weighted by Crippen LogP contribution is -2.27. The Bertz CT molecular complexity index is 908. The Balaban J connectivity index is 1.72. The van der Waals surface area contributed by atoms with E-state index in [1.165, 1.54) is 5.56 Å². The molecule has 1 atom stereocenters. The molecule has 156 valence electrons. The molecular formula is C27H31NO2. The van der Waals surface area contributed by atoms with Crippen LogP contribution in [0.3, 0.4) is 0 Å². The van der Waals surface area contributed by atoms with Gasteiger partial charge >= 0.3 is 0 Å². The number of hydrogen-bond donors (Lipinski definition) is 0. The van der Waals surface area contributed by atoms with Crippen molar-refractivity contribution in [3.63, 3.8) is 0 Å². The van der Waals surface area contributed by atoms with Gasteiger partial charge in [-0.25, -0.2) is 0 Å². The average Bonchev–Trinajstić information content (AvgIpc) is 2.79. The molecule has 0 aliphatic rings. The molecule has 3 heteroatoms. The molecule has 0 aliphatic heterocycles. The van der Waals surface area contributed by atoms with E-state index in [0.717, 1.165) is 36.1 Å². The number of unbranched alkanes of at least 4 members (excludes halogenated alkanes) is 1. The lowest BCUT2D eigenvalue weighted by atomic mass is 10.0. The van der Waals surface area contributed by atoms with Crippen molar-refractivity contribution in [2.75, 3.05) is 4.90 Å². The lowest BCUT2D eigenvalue weighted by Gasteiger charge is -2.23. The van der Waals surface area contributed by atoms with Crippen LogP contribution in [0.5, 0.6) is 0 Å². The van der Waals surface area contributed by atoms with Crippen LogP contribution in [0.25, 0.3) is 0 Å². The first kappa shape index (κ1) is 21.8. The summed E-state index contributed by atoms with van der Waals surface area (Å²) in [6.07, 6.45) is 3.38. The van der Waals surface area contributed by atoms with Crippen molar-refractivity contribution in [2.45, 2.75) is 52.4 Å². The number of hydrogen-bond acceptors (Lipinski definition) is 2. The number of rotatable bonds is 10. The smallest absolute Gasteiger partial charge is 0.224 e. The zero-order valence-corrected chi connectivity index (χ0v) is 18.0. The van der Waals surface area contributed by atoms with Crippen molar-refractivity contribution >= 4 is 11.6 Å². The maximum absolute atomic E-state index is 12.3. The van der Waals surface area contributed by atoms with Gasteiger partial charge in [0.05, 0.1) is 19.3 Å². The summed E-state index contributed by atoms with van der Waals surface area (Å²) in [5.41, 5.74) is 4.30. The maximum Gasteiger partial charge on any atom is 0.224 e. The number of carbonyl (C=O) groups is 1. The van der Waals surface area contributed by atoms with Gasteiger partial charge in [-0.05, 0) is 35.2 Å². The van der Waals surface area contributed by atoms with Crippen molar-refractivity contribution in [3.05, 3.63) is 102 Å². The summed E-state index contributed by atoms with van der Waals surface area (Å²) in [7, 11) is 0. The molecule has 0 fully saturated rings. The molecule has 0 aromatic heterocycles. The van der Waals surface area contributed by atoms with E-state index >= 15 is 0 Å². The fraction of sp³-hybridized carbons (Fsp3) is 0.296. The standard InChI is InChI=1S/C27H31NO2/c1-3-4-18-27(25-15-9-6-10-16-25)30-21-24-14-11-17-26(19-24)28(22(2)29)20-23-12-7-5-8-13-23/h5-17,19,27H,3-4,18,20-21H2,1-2H3. The highest BCUT2D eigenvalue weighted by molar-refractivity contribution is 5.91. The zero-order valence-electron chi connectivity index (χ0n) is 18.0. The Morgan fingerprint density at radius 1 is 0.900 bits per heavy atom. The molecule has 0 N–H and O–H groups in total. The first-order valence-electron chi connectivity index (χ1n) is 10.7. The van der Waals surface area contributed by atoms with Gasteiger partial charge in [-0.3, -0.25) is 4.79 Å². The fourth-order valence-corrected chi connectivity index (χ4v) is 3.56. The van der Waals surface area contributed by atoms with E-state index in [2.05, 4.69) is 43.3 Å². The molecule has 30 heavy (non-hydrogen) atoms. The summed E-state index contributed by atoms with van der Waals surface area (Å²) in [6.45, 7) is 4.90. The van der Waals surface area contributed by atoms with E-state index in [-0.39, 0.29) is 12.0 Å². The molecule has 1 amide bonds. The second-order valence-electron chi connectivity index (χ2n) is 7.61. The van der Waals surface area contributed by atoms with Crippen molar-refractivity contribution in [1.29, 1.82) is 0 Å². The molecule has 0 saturated carbocycles. The summed E-state index contributed by atoms with van der Waals surface area (Å²) in [5.74, 6) is 0.0297. The molecule has 0 spiro atoms. The molecule has 0 heterocycles. The molecule has 1 unspecified atom stereocenters. The summed E-state index contributed by atoms with van der Waals surface area (Å²) >= 11 is 0. The van der Waals surface area contributed by atoms with E-state index in [0.29, 0.717) is 13.2 Å². The second kappa shape index (κ2) is 11.3. The first-order valence-corrected chi connectivity index (χ1v) is 10.7. The van der Waals surface area contributed by atoms with Gasteiger partial charge in [0.2, 0.25) is 5.91 Å². The van der Waals surface area contributed by atoms with Crippen LogP contribution in [0, 0.1) is 0 Å². The van der Waals surface area contributed by atoms with E-state index in [4.69, 9.17) is 4.74 Å². The fourth-order valence-electron chi connectivity index (χ4n) is 3.56. The van der Waals surface area contributed by atoms with Gasteiger partial charge in [-0.1, -0.05) is 92.6 Å². The van der Waals surface area contributed by atoms with Crippen LogP contribution in [0.1, 0.15) is 55.9 Å². The van der Waals surface area contributed by atoms with Crippen LogP contribution in [-0.2, 0) is 22.7 Å². The van der Waals surface area contributed by atoms with Gasteiger partial charge in [0.1, 0.15) is 0 Å². The molecule has 0 saturated heterocycles. The van der Waals surface area contributed by atoms with Crippen LogP contribution in [0.4, 0.5) is 5.69 Å². The summed E-state index contributed by atoms with van der Waals surface area (Å²) in [6, 6.07) is 28.6. The molecule has 3 nitrogen and oxygen atoms in total. The van der Waals surface area contributed by atoms with Gasteiger partial charge < -0.3 is 9.64 Å². The topological polar surface area (TPSA) is 29.5 Å². The number of ether oxygens (including phenoxy) is 1. The average molecular weight is 402 g/mol. The normalized spacial score (nSPS) is 11.8. The van der Waals surface area contributed by atoms with E-state index < -0.39 is 0 Å². The van der Waals surface area contributed by atoms with Crippen molar-refractivity contribution in [1.82, 2.24) is 0 Å². The Labute approximate surface area is 180 Å². The highest BCUT2D eigenvalue weighted by atomic mass is 16.5. The van der Waals surface area contributed by atoms with Crippen molar-refractivity contribution in [3.8, 4) is 0 Å². The Morgan fingerprint density at radius 3 is 2.23 bits per heavy atom. The SMILES string of the molecule is CCCCC(OCc1cccc(N(Cc2ccccc2)C(C)=O)c1)c1ccccc1. The maximum atomic E-state index is 12.3. The number of benzene rings is 3. The van der Waals surface area contributed by atoms with Crippen LogP contribution >= 0.6 is 0 Å². The first-order chi connectivity index (χ1) is 14.7. The van der Waals surface area contributed by atoms with Crippen molar-refractivity contribution < 1.29 is 9.53 Å². The van der Waals surface area contributed by atoms with E-state index in [1.807, 2.05) is 53.4 Å². The van der Waals surface area contributed by atoms with Gasteiger partial charge in [0.25, 0.3) is 0 Å². The molecule has 3 rings (SSSR count). The van der Waals surface area contributed by atoms with Crippen LogP contribution in [0.15, 0.2) is 84.9 Å². The zero-order chi connectivity index (χ0) is 21.2. The molecule has 3 aromatic carbocycles. The minimum Gasteiger partial charge on any atom is -0.369 e. The highest BCUT2D eigenvalue weighted by Gasteiger charge is 2.14. The Kier molecular flexibility index (Phi) is 8.22. The highest BCUT2D eigenvalue weighted by Crippen LogP contribution is 2.26. The third-order valence-electron chi connectivity index (χ3n) is 5.23. The molecule has 0 bridgehead atoms. The van der Waals surface area contributed by atoms with Gasteiger partial charge in [0, 0.05) is 12.6 Å². The van der Waals surface area contributed by atoms with Crippen LogP contribution in [0.2, 0.25) is 0 Å². The largest absolute Gasteiger partial charge is 0.369 e. The monoisotopic (exact) mass is 401 g/mol. The summed E-state index contributed by atoms with van der Waals surface area (Å²) in [4.78, 5) is 14.1. The minimum atomic E-state index is 0.0297. The Morgan fingerprint density at radius 2 is 1.57 bits per heavy atom. The predicted molar refractivity (Wildman–Crippen MR) is 123 cm³/mol. The summed E-state index contributed by atoms with van der Waals surface area (Å²) in [5, 5.41) is 0. The minimum absolute atomic E-state index is 0.0297. The number of amides is 1.